The molecule has 0 amide bonds. The Labute approximate surface area is 99.9 Å². The van der Waals surface area contributed by atoms with Gasteiger partial charge in [-0.1, -0.05) is 0 Å². The van der Waals surface area contributed by atoms with Gasteiger partial charge in [-0.2, -0.15) is 0 Å². The van der Waals surface area contributed by atoms with Crippen LogP contribution in [0.15, 0.2) is 42.7 Å². The number of thiocarbonyl (C=S) groups is 1. The summed E-state index contributed by atoms with van der Waals surface area (Å²) in [6, 6.07) is 10.0. The quantitative estimate of drug-likeness (QED) is 0.780. The molecule has 0 aliphatic rings. The maximum Gasteiger partial charge on any atom is 0.168 e. The van der Waals surface area contributed by atoms with Gasteiger partial charge in [-0.25, -0.2) is 0 Å². The number of nitrogens with zero attached hydrogens (tertiary/aromatic N) is 1. The Morgan fingerprint density at radius 2 is 2.00 bits per heavy atom. The van der Waals surface area contributed by atoms with Crippen LogP contribution in [0.25, 0.3) is 5.69 Å². The van der Waals surface area contributed by atoms with Crippen LogP contribution in [0.3, 0.4) is 0 Å². The third-order valence-electron chi connectivity index (χ3n) is 2.35. The second-order valence-corrected chi connectivity index (χ2v) is 4.02. The largest absolute Gasteiger partial charge is 0.376 e. The molecule has 0 fully saturated rings. The Kier molecular flexibility index (Phi) is 2.92. The summed E-state index contributed by atoms with van der Waals surface area (Å²) < 4.78 is 2.07. The van der Waals surface area contributed by atoms with E-state index in [4.69, 9.17) is 18.0 Å². The number of nitrogens with two attached hydrogens (primary N) is 1. The van der Waals surface area contributed by atoms with Crippen LogP contribution in [-0.4, -0.2) is 9.68 Å². The monoisotopic (exact) mass is 231 g/mol. The number of hydrogen-bond acceptors (Lipinski definition) is 1. The maximum absolute atomic E-state index is 5.42. The lowest BCUT2D eigenvalue weighted by molar-refractivity contribution is 1.06. The third-order valence-corrected chi connectivity index (χ3v) is 2.45. The summed E-state index contributed by atoms with van der Waals surface area (Å²) in [5.41, 5.74) is 8.66. The first kappa shape index (κ1) is 10.7. The van der Waals surface area contributed by atoms with E-state index in [-0.39, 0.29) is 5.11 Å². The minimum atomic E-state index is 0.285. The van der Waals surface area contributed by atoms with Crippen LogP contribution in [0.5, 0.6) is 0 Å². The molecule has 0 spiro atoms. The number of hydrogen-bond donors (Lipinski definition) is 2. The van der Waals surface area contributed by atoms with E-state index in [1.54, 1.807) is 0 Å². The lowest BCUT2D eigenvalue weighted by Gasteiger charge is -2.10. The van der Waals surface area contributed by atoms with Crippen LogP contribution < -0.4 is 11.1 Å². The molecule has 2 rings (SSSR count). The van der Waals surface area contributed by atoms with Crippen LogP contribution in [-0.2, 0) is 0 Å². The highest BCUT2D eigenvalue weighted by molar-refractivity contribution is 7.80. The second kappa shape index (κ2) is 4.37. The van der Waals surface area contributed by atoms with Crippen LogP contribution in [0.4, 0.5) is 5.69 Å². The van der Waals surface area contributed by atoms with Crippen molar-refractivity contribution < 1.29 is 0 Å². The van der Waals surface area contributed by atoms with E-state index in [1.807, 2.05) is 42.7 Å². The zero-order valence-corrected chi connectivity index (χ0v) is 9.79. The van der Waals surface area contributed by atoms with Gasteiger partial charge in [-0.05, 0) is 55.0 Å². The summed E-state index contributed by atoms with van der Waals surface area (Å²) in [5, 5.41) is 3.20. The molecule has 16 heavy (non-hydrogen) atoms. The van der Waals surface area contributed by atoms with Crippen LogP contribution in [0.1, 0.15) is 5.56 Å². The molecule has 0 saturated carbocycles. The molecule has 0 bridgehead atoms. The van der Waals surface area contributed by atoms with Crippen molar-refractivity contribution in [2.45, 2.75) is 6.92 Å². The van der Waals surface area contributed by atoms with E-state index in [1.165, 1.54) is 0 Å². The van der Waals surface area contributed by atoms with Crippen molar-refractivity contribution in [3.8, 4) is 5.69 Å². The molecular formula is C12H13N3S. The molecule has 1 aromatic carbocycles. The minimum Gasteiger partial charge on any atom is -0.376 e. The molecule has 0 aliphatic carbocycles. The fourth-order valence-corrected chi connectivity index (χ4v) is 1.78. The molecular weight excluding hydrogens is 218 g/mol. The molecule has 4 heteroatoms. The zero-order chi connectivity index (χ0) is 11.5. The van der Waals surface area contributed by atoms with Crippen molar-refractivity contribution in [2.75, 3.05) is 5.32 Å². The summed E-state index contributed by atoms with van der Waals surface area (Å²) in [4.78, 5) is 0. The fraction of sp³-hybridized carbons (Fsp3) is 0.0833. The highest BCUT2D eigenvalue weighted by Gasteiger charge is 2.01. The molecule has 0 atom stereocenters. The van der Waals surface area contributed by atoms with Gasteiger partial charge in [0, 0.05) is 23.8 Å². The molecule has 3 nitrogen and oxygen atoms in total. The van der Waals surface area contributed by atoms with Crippen molar-refractivity contribution in [1.29, 1.82) is 0 Å². The first-order chi connectivity index (χ1) is 7.66. The number of rotatable bonds is 2. The predicted molar refractivity (Wildman–Crippen MR) is 70.9 cm³/mol. The number of nitrogens with one attached hydrogen (secondary N) is 1. The standard InChI is InChI=1S/C12H13N3S/c1-9-8-10(14-12(13)16)4-5-11(9)15-6-2-3-7-15/h2-8H,1H3,(H3,13,14,16). The fourth-order valence-electron chi connectivity index (χ4n) is 1.66. The van der Waals surface area contributed by atoms with E-state index in [2.05, 4.69) is 16.8 Å². The number of aromatic nitrogens is 1. The second-order valence-electron chi connectivity index (χ2n) is 3.58. The Morgan fingerprint density at radius 3 is 2.56 bits per heavy atom. The summed E-state index contributed by atoms with van der Waals surface area (Å²) >= 11 is 4.79. The first-order valence-electron chi connectivity index (χ1n) is 4.97. The van der Waals surface area contributed by atoms with Gasteiger partial charge in [-0.15, -0.1) is 0 Å². The molecule has 0 radical (unpaired) electrons. The molecule has 2 aromatic rings. The summed E-state index contributed by atoms with van der Waals surface area (Å²) in [5.74, 6) is 0. The predicted octanol–water partition coefficient (Wildman–Crippen LogP) is 2.44. The summed E-state index contributed by atoms with van der Waals surface area (Å²) in [6.45, 7) is 2.06. The lowest BCUT2D eigenvalue weighted by atomic mass is 10.2. The third kappa shape index (κ3) is 2.23. The van der Waals surface area contributed by atoms with Crippen molar-refractivity contribution in [2.24, 2.45) is 5.73 Å². The SMILES string of the molecule is Cc1cc(NC(N)=S)ccc1-n1cccc1. The molecule has 82 valence electrons. The molecule has 3 N–H and O–H groups in total. The normalized spacial score (nSPS) is 10.1. The number of anilines is 1. The Hall–Kier alpha value is -1.81. The highest BCUT2D eigenvalue weighted by Crippen LogP contribution is 2.18. The van der Waals surface area contributed by atoms with Crippen molar-refractivity contribution in [3.63, 3.8) is 0 Å². The Balaban J connectivity index is 2.34. The van der Waals surface area contributed by atoms with E-state index >= 15 is 0 Å². The van der Waals surface area contributed by atoms with Crippen LogP contribution in [0.2, 0.25) is 0 Å². The topological polar surface area (TPSA) is 43.0 Å². The van der Waals surface area contributed by atoms with Gasteiger partial charge >= 0.3 is 0 Å². The average Bonchev–Trinajstić information content (AvgIpc) is 2.69. The first-order valence-corrected chi connectivity index (χ1v) is 5.38. The number of benzene rings is 1. The molecule has 1 aromatic heterocycles. The van der Waals surface area contributed by atoms with Gasteiger partial charge in [-0.3, -0.25) is 0 Å². The zero-order valence-electron chi connectivity index (χ0n) is 8.97. The smallest absolute Gasteiger partial charge is 0.168 e. The lowest BCUT2D eigenvalue weighted by Crippen LogP contribution is -2.18. The van der Waals surface area contributed by atoms with E-state index in [9.17, 15) is 0 Å². The molecule has 0 aliphatic heterocycles. The summed E-state index contributed by atoms with van der Waals surface area (Å²) in [7, 11) is 0. The van der Waals surface area contributed by atoms with Gasteiger partial charge in [0.15, 0.2) is 5.11 Å². The average molecular weight is 231 g/mol. The van der Waals surface area contributed by atoms with Gasteiger partial charge in [0.2, 0.25) is 0 Å². The van der Waals surface area contributed by atoms with E-state index in [0.29, 0.717) is 0 Å². The van der Waals surface area contributed by atoms with Crippen molar-refractivity contribution in [3.05, 3.63) is 48.3 Å². The van der Waals surface area contributed by atoms with Gasteiger partial charge in [0.1, 0.15) is 0 Å². The van der Waals surface area contributed by atoms with Crippen molar-refractivity contribution >= 4 is 23.0 Å². The van der Waals surface area contributed by atoms with E-state index in [0.717, 1.165) is 16.9 Å². The number of aryl methyl sites for hydroxylation is 1. The summed E-state index contributed by atoms with van der Waals surface area (Å²) in [6.07, 6.45) is 4.03. The molecule has 1 heterocycles. The Bertz CT molecular complexity index is 503. The van der Waals surface area contributed by atoms with E-state index < -0.39 is 0 Å². The minimum absolute atomic E-state index is 0.285. The van der Waals surface area contributed by atoms with Gasteiger partial charge in [0.25, 0.3) is 0 Å². The Morgan fingerprint density at radius 1 is 1.31 bits per heavy atom. The van der Waals surface area contributed by atoms with Crippen molar-refractivity contribution in [1.82, 2.24) is 4.57 Å². The van der Waals surface area contributed by atoms with Crippen LogP contribution in [0, 0.1) is 6.92 Å². The molecule has 0 saturated heterocycles. The van der Waals surface area contributed by atoms with Crippen LogP contribution >= 0.6 is 12.2 Å². The van der Waals surface area contributed by atoms with Gasteiger partial charge in [0.05, 0.1) is 0 Å². The maximum atomic E-state index is 5.42. The molecule has 0 unspecified atom stereocenters. The van der Waals surface area contributed by atoms with Gasteiger partial charge < -0.3 is 15.6 Å². The highest BCUT2D eigenvalue weighted by atomic mass is 32.1.